The number of carboxylic acids is 1. The van der Waals surface area contributed by atoms with Crippen molar-refractivity contribution >= 4 is 5.97 Å². The summed E-state index contributed by atoms with van der Waals surface area (Å²) in [5.74, 6) is 0.940. The van der Waals surface area contributed by atoms with E-state index in [0.717, 1.165) is 0 Å². The molecule has 2 bridgehead atoms. The van der Waals surface area contributed by atoms with E-state index >= 15 is 0 Å². The van der Waals surface area contributed by atoms with E-state index in [1.54, 1.807) is 0 Å². The Bertz CT molecular complexity index is 194. The fourth-order valence-electron chi connectivity index (χ4n) is 2.40. The van der Waals surface area contributed by atoms with Crippen LogP contribution >= 0.6 is 0 Å². The lowest BCUT2D eigenvalue weighted by Gasteiger charge is -2.11. The number of hydrogen-bond acceptors (Lipinski definition) is 1. The number of aliphatic carboxylic acids is 1. The van der Waals surface area contributed by atoms with Gasteiger partial charge in [0.05, 0.1) is 0 Å². The molecule has 1 saturated carbocycles. The summed E-state index contributed by atoms with van der Waals surface area (Å²) in [6, 6.07) is 0. The first-order valence-corrected chi connectivity index (χ1v) is 4.17. The first-order valence-electron chi connectivity index (χ1n) is 4.17. The van der Waals surface area contributed by atoms with Crippen molar-refractivity contribution in [2.75, 3.05) is 0 Å². The summed E-state index contributed by atoms with van der Waals surface area (Å²) < 4.78 is 0. The van der Waals surface area contributed by atoms with Gasteiger partial charge in [-0.05, 0) is 30.6 Å². The quantitative estimate of drug-likeness (QED) is 0.611. The Morgan fingerprint density at radius 3 is 2.27 bits per heavy atom. The molecule has 1 fully saturated rings. The highest BCUT2D eigenvalue weighted by atomic mass is 16.4. The average Bonchev–Trinajstić information content (AvgIpc) is 2.48. The van der Waals surface area contributed by atoms with Crippen LogP contribution in [0.25, 0.3) is 0 Å². The summed E-state index contributed by atoms with van der Waals surface area (Å²) >= 11 is 0. The Hall–Kier alpha value is -0.790. The van der Waals surface area contributed by atoms with Crippen LogP contribution in [0.3, 0.4) is 0 Å². The van der Waals surface area contributed by atoms with Gasteiger partial charge in [0.1, 0.15) is 0 Å². The Balaban J connectivity index is 2.02. The van der Waals surface area contributed by atoms with Gasteiger partial charge < -0.3 is 5.11 Å². The molecule has 0 aliphatic heterocycles. The van der Waals surface area contributed by atoms with Crippen molar-refractivity contribution in [3.63, 3.8) is 0 Å². The third-order valence-corrected chi connectivity index (χ3v) is 2.95. The lowest BCUT2D eigenvalue weighted by Crippen LogP contribution is -2.12. The maximum atomic E-state index is 10.4. The maximum Gasteiger partial charge on any atom is 0.303 e. The smallest absolute Gasteiger partial charge is 0.303 e. The fraction of sp³-hybridized carbons (Fsp3) is 0.667. The molecule has 1 unspecified atom stereocenters. The Morgan fingerprint density at radius 2 is 1.91 bits per heavy atom. The van der Waals surface area contributed by atoms with Crippen LogP contribution in [0.4, 0.5) is 0 Å². The molecule has 0 aromatic carbocycles. The predicted molar refractivity (Wildman–Crippen MR) is 41.1 cm³/mol. The van der Waals surface area contributed by atoms with Crippen molar-refractivity contribution in [3.8, 4) is 0 Å². The Morgan fingerprint density at radius 1 is 1.36 bits per heavy atom. The van der Waals surface area contributed by atoms with E-state index in [1.165, 1.54) is 12.8 Å². The van der Waals surface area contributed by atoms with E-state index in [-0.39, 0.29) is 0 Å². The van der Waals surface area contributed by atoms with Gasteiger partial charge in [0.25, 0.3) is 0 Å². The summed E-state index contributed by atoms with van der Waals surface area (Å²) in [5.41, 5.74) is 0. The van der Waals surface area contributed by atoms with E-state index in [4.69, 9.17) is 5.11 Å². The van der Waals surface area contributed by atoms with Crippen LogP contribution in [0.1, 0.15) is 19.3 Å². The minimum atomic E-state index is -0.643. The minimum Gasteiger partial charge on any atom is -0.481 e. The average molecular weight is 152 g/mol. The van der Waals surface area contributed by atoms with Crippen molar-refractivity contribution in [2.45, 2.75) is 19.3 Å². The van der Waals surface area contributed by atoms with Crippen molar-refractivity contribution < 1.29 is 9.90 Å². The largest absolute Gasteiger partial charge is 0.481 e. The van der Waals surface area contributed by atoms with Gasteiger partial charge in [-0.15, -0.1) is 0 Å². The summed E-state index contributed by atoms with van der Waals surface area (Å²) in [6.07, 6.45) is 7.17. The molecule has 60 valence electrons. The summed E-state index contributed by atoms with van der Waals surface area (Å²) in [5, 5.41) is 8.61. The monoisotopic (exact) mass is 152 g/mol. The normalized spacial score (nSPS) is 39.8. The lowest BCUT2D eigenvalue weighted by atomic mass is 9.93. The molecular formula is C9H12O2. The number of carboxylic acid groups (broad SMARTS) is 1. The molecule has 0 aromatic heterocycles. The molecular weight excluding hydrogens is 140 g/mol. The third-order valence-electron chi connectivity index (χ3n) is 2.95. The number of hydrogen-bond donors (Lipinski definition) is 1. The fourth-order valence-corrected chi connectivity index (χ4v) is 2.40. The second-order valence-electron chi connectivity index (χ2n) is 3.55. The zero-order valence-electron chi connectivity index (χ0n) is 6.36. The molecule has 0 aromatic rings. The topological polar surface area (TPSA) is 37.3 Å². The number of fused-ring (bicyclic) bond motifs is 2. The second-order valence-corrected chi connectivity index (χ2v) is 3.55. The van der Waals surface area contributed by atoms with Crippen molar-refractivity contribution in [2.24, 2.45) is 17.8 Å². The summed E-state index contributed by atoms with van der Waals surface area (Å²) in [6.45, 7) is 0. The second kappa shape index (κ2) is 2.36. The highest BCUT2D eigenvalue weighted by molar-refractivity contribution is 5.67. The number of carbonyl (C=O) groups is 1. The van der Waals surface area contributed by atoms with E-state index in [1.807, 2.05) is 0 Å². The van der Waals surface area contributed by atoms with Gasteiger partial charge in [0, 0.05) is 6.42 Å². The van der Waals surface area contributed by atoms with E-state index in [0.29, 0.717) is 24.2 Å². The van der Waals surface area contributed by atoms with Crippen LogP contribution in [-0.2, 0) is 4.79 Å². The molecule has 0 amide bonds. The van der Waals surface area contributed by atoms with Crippen molar-refractivity contribution in [1.82, 2.24) is 0 Å². The van der Waals surface area contributed by atoms with Crippen LogP contribution in [0.5, 0.6) is 0 Å². The van der Waals surface area contributed by atoms with E-state index in [9.17, 15) is 4.79 Å². The molecule has 0 heterocycles. The standard InChI is InChI=1S/C9H12O2/c10-9(11)5-8-6-1-2-7(8)4-3-6/h1-2,6-8H,3-5H2,(H,10,11)/t6-,7+,8?. The molecule has 0 saturated heterocycles. The zero-order chi connectivity index (χ0) is 7.84. The zero-order valence-corrected chi connectivity index (χ0v) is 6.36. The first-order chi connectivity index (χ1) is 5.27. The molecule has 3 atom stereocenters. The van der Waals surface area contributed by atoms with Gasteiger partial charge in [-0.25, -0.2) is 0 Å². The van der Waals surface area contributed by atoms with Gasteiger partial charge >= 0.3 is 5.97 Å². The predicted octanol–water partition coefficient (Wildman–Crippen LogP) is 1.67. The number of allylic oxidation sites excluding steroid dienone is 2. The minimum absolute atomic E-state index is 0.363. The summed E-state index contributed by atoms with van der Waals surface area (Å²) in [7, 11) is 0. The van der Waals surface area contributed by atoms with Crippen LogP contribution in [0, 0.1) is 17.8 Å². The maximum absolute atomic E-state index is 10.4. The highest BCUT2D eigenvalue weighted by Crippen LogP contribution is 2.45. The molecule has 11 heavy (non-hydrogen) atoms. The Labute approximate surface area is 65.9 Å². The molecule has 2 rings (SSSR count). The van der Waals surface area contributed by atoms with Crippen LogP contribution < -0.4 is 0 Å². The third kappa shape index (κ3) is 1.06. The van der Waals surface area contributed by atoms with Crippen LogP contribution in [0.2, 0.25) is 0 Å². The summed E-state index contributed by atoms with van der Waals surface area (Å²) in [4.78, 5) is 10.4. The highest BCUT2D eigenvalue weighted by Gasteiger charge is 2.38. The molecule has 2 aliphatic carbocycles. The van der Waals surface area contributed by atoms with Crippen molar-refractivity contribution in [3.05, 3.63) is 12.2 Å². The van der Waals surface area contributed by atoms with Crippen molar-refractivity contribution in [1.29, 1.82) is 0 Å². The van der Waals surface area contributed by atoms with Gasteiger partial charge in [-0.3, -0.25) is 4.79 Å². The lowest BCUT2D eigenvalue weighted by molar-refractivity contribution is -0.138. The molecule has 1 N–H and O–H groups in total. The SMILES string of the molecule is O=C(O)CC1[C@@H]2C=C[C@H]1CC2. The van der Waals surface area contributed by atoms with Crippen LogP contribution in [0.15, 0.2) is 12.2 Å². The molecule has 2 nitrogen and oxygen atoms in total. The Kier molecular flexibility index (Phi) is 1.48. The van der Waals surface area contributed by atoms with Gasteiger partial charge in [-0.1, -0.05) is 12.2 Å². The first kappa shape index (κ1) is 6.89. The van der Waals surface area contributed by atoms with Crippen LogP contribution in [-0.4, -0.2) is 11.1 Å². The molecule has 2 aliphatic rings. The molecule has 0 spiro atoms. The van der Waals surface area contributed by atoms with Gasteiger partial charge in [-0.2, -0.15) is 0 Å². The van der Waals surface area contributed by atoms with E-state index in [2.05, 4.69) is 12.2 Å². The molecule has 0 radical (unpaired) electrons. The van der Waals surface area contributed by atoms with Gasteiger partial charge in [0.2, 0.25) is 0 Å². The molecule has 2 heteroatoms. The number of rotatable bonds is 2. The van der Waals surface area contributed by atoms with E-state index < -0.39 is 5.97 Å². The van der Waals surface area contributed by atoms with Gasteiger partial charge in [0.15, 0.2) is 0 Å².